The Morgan fingerprint density at radius 1 is 1.00 bits per heavy atom. The first-order valence-electron chi connectivity index (χ1n) is 3.75. The Kier molecular flexibility index (Phi) is 5.25. The molecule has 0 aromatic carbocycles. The highest BCUT2D eigenvalue weighted by atomic mass is 16.3. The summed E-state index contributed by atoms with van der Waals surface area (Å²) in [5.74, 6) is -0.252. The highest BCUT2D eigenvalue weighted by Crippen LogP contribution is 2.08. The second-order valence-electron chi connectivity index (χ2n) is 2.48. The van der Waals surface area contributed by atoms with Crippen molar-refractivity contribution in [3.8, 4) is 0 Å². The highest BCUT2D eigenvalue weighted by molar-refractivity contribution is 6.07. The maximum atomic E-state index is 11.2. The van der Waals surface area contributed by atoms with Crippen LogP contribution in [0.5, 0.6) is 0 Å². The summed E-state index contributed by atoms with van der Waals surface area (Å²) in [7, 11) is 0. The van der Waals surface area contributed by atoms with Gasteiger partial charge in [0.15, 0.2) is 5.78 Å². The molecule has 0 unspecified atom stereocenters. The molecule has 68 valence electrons. The molecule has 0 aromatic heterocycles. The van der Waals surface area contributed by atoms with Crippen LogP contribution in [0.2, 0.25) is 0 Å². The molecule has 0 radical (unpaired) electrons. The third-order valence-electron chi connectivity index (χ3n) is 1.47. The minimum atomic E-state index is -0.252. The molecule has 12 heavy (non-hydrogen) atoms. The number of aliphatic hydroxyl groups excluding tert-OH is 2. The molecule has 0 fully saturated rings. The van der Waals surface area contributed by atoms with Gasteiger partial charge in [-0.05, 0) is 24.0 Å². The predicted octanol–water partition coefficient (Wildman–Crippen LogP) is 0.433. The Labute approximate surface area is 72.0 Å². The first kappa shape index (κ1) is 11.1. The lowest BCUT2D eigenvalue weighted by molar-refractivity contribution is -0.112. The Morgan fingerprint density at radius 2 is 1.33 bits per heavy atom. The van der Waals surface area contributed by atoms with Crippen molar-refractivity contribution in [3.05, 3.63) is 24.3 Å². The van der Waals surface area contributed by atoms with Gasteiger partial charge in [0.2, 0.25) is 0 Å². The van der Waals surface area contributed by atoms with E-state index in [-0.39, 0.29) is 31.8 Å². The number of carbonyl (C=O) groups excluding carboxylic acids is 1. The lowest BCUT2D eigenvalue weighted by Gasteiger charge is -2.03. The van der Waals surface area contributed by atoms with E-state index in [4.69, 9.17) is 10.2 Å². The van der Waals surface area contributed by atoms with Gasteiger partial charge in [0.05, 0.1) is 0 Å². The summed E-state index contributed by atoms with van der Waals surface area (Å²) in [5.41, 5.74) is 0.687. The number of Topliss-reactive ketones (excluding diaryl/α,β-unsaturated/α-hetero) is 1. The average Bonchev–Trinajstić information content (AvgIpc) is 2.04. The fourth-order valence-electron chi connectivity index (χ4n) is 0.747. The van der Waals surface area contributed by atoms with Gasteiger partial charge < -0.3 is 10.2 Å². The molecule has 0 rings (SSSR count). The van der Waals surface area contributed by atoms with Gasteiger partial charge in [0, 0.05) is 13.2 Å². The third kappa shape index (κ3) is 3.46. The predicted molar refractivity (Wildman–Crippen MR) is 46.7 cm³/mol. The molecule has 0 spiro atoms. The number of carbonyl (C=O) groups is 1. The molecule has 0 amide bonds. The van der Waals surface area contributed by atoms with E-state index < -0.39 is 0 Å². The third-order valence-corrected chi connectivity index (χ3v) is 1.47. The largest absolute Gasteiger partial charge is 0.396 e. The SMILES string of the molecule is C=C(CCO)C(=O)C(=C)CCO. The summed E-state index contributed by atoms with van der Waals surface area (Å²) in [5, 5.41) is 17.0. The van der Waals surface area contributed by atoms with Gasteiger partial charge in [-0.2, -0.15) is 0 Å². The zero-order valence-electron chi connectivity index (χ0n) is 7.05. The van der Waals surface area contributed by atoms with E-state index in [2.05, 4.69) is 13.2 Å². The number of hydrogen-bond acceptors (Lipinski definition) is 3. The monoisotopic (exact) mass is 170 g/mol. The van der Waals surface area contributed by atoms with E-state index in [1.165, 1.54) is 0 Å². The average molecular weight is 170 g/mol. The summed E-state index contributed by atoms with van der Waals surface area (Å²) in [6.45, 7) is 6.82. The number of aliphatic hydroxyl groups is 2. The van der Waals surface area contributed by atoms with Crippen molar-refractivity contribution in [1.82, 2.24) is 0 Å². The molecule has 0 aromatic rings. The van der Waals surface area contributed by atoms with Crippen molar-refractivity contribution in [2.45, 2.75) is 12.8 Å². The second kappa shape index (κ2) is 5.69. The summed E-state index contributed by atoms with van der Waals surface area (Å²) in [6, 6.07) is 0. The summed E-state index contributed by atoms with van der Waals surface area (Å²) < 4.78 is 0. The quantitative estimate of drug-likeness (QED) is 0.568. The second-order valence-corrected chi connectivity index (χ2v) is 2.48. The topological polar surface area (TPSA) is 57.5 Å². The standard InChI is InChI=1S/C9H14O3/c1-7(3-5-10)9(12)8(2)4-6-11/h10-11H,1-6H2. The van der Waals surface area contributed by atoms with Crippen molar-refractivity contribution < 1.29 is 15.0 Å². The van der Waals surface area contributed by atoms with Crippen LogP contribution in [0.4, 0.5) is 0 Å². The minimum Gasteiger partial charge on any atom is -0.396 e. The van der Waals surface area contributed by atoms with Crippen LogP contribution in [0.3, 0.4) is 0 Å². The maximum absolute atomic E-state index is 11.2. The van der Waals surface area contributed by atoms with E-state index in [1.54, 1.807) is 0 Å². The fraction of sp³-hybridized carbons (Fsp3) is 0.444. The molecule has 0 saturated carbocycles. The van der Waals surface area contributed by atoms with E-state index in [0.717, 1.165) is 0 Å². The van der Waals surface area contributed by atoms with Gasteiger partial charge in [0.25, 0.3) is 0 Å². The lowest BCUT2D eigenvalue weighted by atomic mass is 10.0. The van der Waals surface area contributed by atoms with Gasteiger partial charge >= 0.3 is 0 Å². The number of hydrogen-bond donors (Lipinski definition) is 2. The maximum Gasteiger partial charge on any atom is 0.183 e. The zero-order chi connectivity index (χ0) is 9.56. The van der Waals surface area contributed by atoms with Gasteiger partial charge in [-0.25, -0.2) is 0 Å². The van der Waals surface area contributed by atoms with Crippen molar-refractivity contribution in [1.29, 1.82) is 0 Å². The van der Waals surface area contributed by atoms with Crippen molar-refractivity contribution in [2.24, 2.45) is 0 Å². The summed E-state index contributed by atoms with van der Waals surface area (Å²) in [4.78, 5) is 11.2. The van der Waals surface area contributed by atoms with Crippen LogP contribution in [-0.2, 0) is 4.79 Å². The molecular formula is C9H14O3. The first-order valence-corrected chi connectivity index (χ1v) is 3.75. The van der Waals surface area contributed by atoms with Crippen molar-refractivity contribution in [3.63, 3.8) is 0 Å². The lowest BCUT2D eigenvalue weighted by Crippen LogP contribution is -2.07. The van der Waals surface area contributed by atoms with Crippen LogP contribution in [0.1, 0.15) is 12.8 Å². The van der Waals surface area contributed by atoms with Gasteiger partial charge in [-0.15, -0.1) is 0 Å². The summed E-state index contributed by atoms with van der Waals surface area (Å²) >= 11 is 0. The molecule has 0 atom stereocenters. The van der Waals surface area contributed by atoms with Gasteiger partial charge in [-0.3, -0.25) is 4.79 Å². The normalized spacial score (nSPS) is 9.50. The molecule has 0 aliphatic rings. The Bertz CT molecular complexity index is 174. The van der Waals surface area contributed by atoms with Crippen molar-refractivity contribution >= 4 is 5.78 Å². The van der Waals surface area contributed by atoms with Crippen LogP contribution < -0.4 is 0 Å². The number of rotatable bonds is 6. The molecule has 3 nitrogen and oxygen atoms in total. The van der Waals surface area contributed by atoms with Crippen LogP contribution in [0.25, 0.3) is 0 Å². The molecule has 0 heterocycles. The van der Waals surface area contributed by atoms with Crippen LogP contribution in [0.15, 0.2) is 24.3 Å². The highest BCUT2D eigenvalue weighted by Gasteiger charge is 2.09. The Morgan fingerprint density at radius 3 is 1.58 bits per heavy atom. The first-order chi connectivity index (χ1) is 5.63. The molecule has 0 aliphatic heterocycles. The van der Waals surface area contributed by atoms with Crippen LogP contribution >= 0.6 is 0 Å². The molecule has 3 heteroatoms. The van der Waals surface area contributed by atoms with Gasteiger partial charge in [-0.1, -0.05) is 13.2 Å². The zero-order valence-corrected chi connectivity index (χ0v) is 7.05. The Hall–Kier alpha value is -0.930. The Balaban J connectivity index is 4.01. The minimum absolute atomic E-state index is 0.0863. The summed E-state index contributed by atoms with van der Waals surface area (Å²) in [6.07, 6.45) is 0.534. The van der Waals surface area contributed by atoms with Gasteiger partial charge in [0.1, 0.15) is 0 Å². The molecule has 2 N–H and O–H groups in total. The molecule has 0 bridgehead atoms. The van der Waals surface area contributed by atoms with Crippen LogP contribution in [0, 0.1) is 0 Å². The van der Waals surface area contributed by atoms with E-state index >= 15 is 0 Å². The number of ketones is 1. The van der Waals surface area contributed by atoms with E-state index in [1.807, 2.05) is 0 Å². The molecule has 0 aliphatic carbocycles. The molecular weight excluding hydrogens is 156 g/mol. The van der Waals surface area contributed by atoms with Crippen LogP contribution in [-0.4, -0.2) is 29.2 Å². The molecule has 0 saturated heterocycles. The van der Waals surface area contributed by atoms with E-state index in [0.29, 0.717) is 11.1 Å². The van der Waals surface area contributed by atoms with Crippen molar-refractivity contribution in [2.75, 3.05) is 13.2 Å². The van der Waals surface area contributed by atoms with E-state index in [9.17, 15) is 4.79 Å². The smallest absolute Gasteiger partial charge is 0.183 e. The fourth-order valence-corrected chi connectivity index (χ4v) is 0.747.